The lowest BCUT2D eigenvalue weighted by Crippen LogP contribution is -2.27. The molecule has 0 aliphatic heterocycles. The number of methoxy groups -OCH3 is 1. The van der Waals surface area contributed by atoms with Gasteiger partial charge in [0.15, 0.2) is 5.82 Å². The average molecular weight is 351 g/mol. The molecule has 134 valence electrons. The van der Waals surface area contributed by atoms with E-state index in [0.717, 1.165) is 16.5 Å². The summed E-state index contributed by atoms with van der Waals surface area (Å²) < 4.78 is 7.20. The molecule has 7 nitrogen and oxygen atoms in total. The summed E-state index contributed by atoms with van der Waals surface area (Å²) >= 11 is 0. The van der Waals surface area contributed by atoms with Gasteiger partial charge >= 0.3 is 0 Å². The number of ether oxygens (including phenoxy) is 1. The van der Waals surface area contributed by atoms with E-state index in [2.05, 4.69) is 9.97 Å². The molecule has 3 N–H and O–H groups in total. The normalized spacial score (nSPS) is 12.3. The third-order valence-electron chi connectivity index (χ3n) is 3.98. The van der Waals surface area contributed by atoms with Gasteiger partial charge in [0.2, 0.25) is 0 Å². The number of nitriles is 1. The summed E-state index contributed by atoms with van der Waals surface area (Å²) in [6.07, 6.45) is 3.13. The summed E-state index contributed by atoms with van der Waals surface area (Å²) in [6.45, 7) is 4.13. The molecule has 0 spiro atoms. The van der Waals surface area contributed by atoms with Crippen LogP contribution in [0.4, 0.5) is 5.82 Å². The van der Waals surface area contributed by atoms with Crippen LogP contribution in [0.15, 0.2) is 24.3 Å². The number of aliphatic hydroxyl groups is 1. The second-order valence-electron chi connectivity index (χ2n) is 6.79. The molecular weight excluding hydrogens is 330 g/mol. The number of nitrogens with two attached hydrogens (primary N) is 1. The van der Waals surface area contributed by atoms with E-state index in [1.54, 1.807) is 27.0 Å². The van der Waals surface area contributed by atoms with Gasteiger partial charge in [0.05, 0.1) is 29.2 Å². The van der Waals surface area contributed by atoms with Crippen molar-refractivity contribution in [2.75, 3.05) is 12.8 Å². The van der Waals surface area contributed by atoms with E-state index in [0.29, 0.717) is 35.8 Å². The van der Waals surface area contributed by atoms with Gasteiger partial charge in [-0.15, -0.1) is 0 Å². The average Bonchev–Trinajstić information content (AvgIpc) is 2.91. The fourth-order valence-electron chi connectivity index (χ4n) is 3.01. The van der Waals surface area contributed by atoms with Gasteiger partial charge in [-0.25, -0.2) is 9.97 Å². The first-order valence-electron chi connectivity index (χ1n) is 8.20. The van der Waals surface area contributed by atoms with Gasteiger partial charge in [-0.05, 0) is 31.6 Å². The Morgan fingerprint density at radius 1 is 1.38 bits per heavy atom. The minimum atomic E-state index is -0.935. The molecule has 0 saturated heterocycles. The fourth-order valence-corrected chi connectivity index (χ4v) is 3.01. The van der Waals surface area contributed by atoms with Crippen LogP contribution in [-0.2, 0) is 17.9 Å². The van der Waals surface area contributed by atoms with Crippen LogP contribution < -0.4 is 5.73 Å². The quantitative estimate of drug-likeness (QED) is 0.684. The van der Waals surface area contributed by atoms with Crippen molar-refractivity contribution < 1.29 is 9.84 Å². The van der Waals surface area contributed by atoms with Crippen molar-refractivity contribution in [3.63, 3.8) is 0 Å². The highest BCUT2D eigenvalue weighted by Gasteiger charge is 2.22. The van der Waals surface area contributed by atoms with Gasteiger partial charge < -0.3 is 20.1 Å². The molecule has 2 aromatic heterocycles. The van der Waals surface area contributed by atoms with Crippen LogP contribution in [0.5, 0.6) is 0 Å². The van der Waals surface area contributed by atoms with Crippen molar-refractivity contribution in [1.82, 2.24) is 14.5 Å². The Labute approximate surface area is 151 Å². The van der Waals surface area contributed by atoms with Gasteiger partial charge in [-0.1, -0.05) is 12.1 Å². The third kappa shape index (κ3) is 3.38. The monoisotopic (exact) mass is 351 g/mol. The molecule has 0 unspecified atom stereocenters. The molecule has 0 amide bonds. The maximum absolute atomic E-state index is 10.3. The summed E-state index contributed by atoms with van der Waals surface area (Å²) in [5.41, 5.74) is 8.19. The summed E-state index contributed by atoms with van der Waals surface area (Å²) in [5, 5.41) is 19.9. The van der Waals surface area contributed by atoms with E-state index in [4.69, 9.17) is 15.7 Å². The van der Waals surface area contributed by atoms with E-state index in [1.165, 1.54) is 6.08 Å². The van der Waals surface area contributed by atoms with Crippen molar-refractivity contribution in [2.24, 2.45) is 0 Å². The Morgan fingerprint density at radius 3 is 2.81 bits per heavy atom. The van der Waals surface area contributed by atoms with Crippen LogP contribution in [0.1, 0.15) is 25.2 Å². The standard InChI is InChI=1S/C19H21N5O2/c1-19(2,25)11-24-15(10-26-3)23-16-17(24)13-7-6-12(5-4-8-20)9-14(13)22-18(16)21/h4-7,9,25H,10-11H2,1-3H3,(H2,21,22)/b5-4+. The predicted molar refractivity (Wildman–Crippen MR) is 101 cm³/mol. The molecule has 0 atom stereocenters. The Hall–Kier alpha value is -2.95. The van der Waals surface area contributed by atoms with Gasteiger partial charge in [0.1, 0.15) is 17.9 Å². The van der Waals surface area contributed by atoms with Crippen LogP contribution in [0.25, 0.3) is 28.0 Å². The van der Waals surface area contributed by atoms with Gasteiger partial charge in [0, 0.05) is 18.6 Å². The molecule has 0 fully saturated rings. The molecule has 7 heteroatoms. The number of anilines is 1. The number of hydrogen-bond acceptors (Lipinski definition) is 6. The van der Waals surface area contributed by atoms with E-state index >= 15 is 0 Å². The minimum absolute atomic E-state index is 0.300. The predicted octanol–water partition coefficient (Wildman–Crippen LogP) is 2.62. The summed E-state index contributed by atoms with van der Waals surface area (Å²) in [5.74, 6) is 1.000. The van der Waals surface area contributed by atoms with Crippen LogP contribution in [-0.4, -0.2) is 32.4 Å². The zero-order chi connectivity index (χ0) is 18.9. The molecule has 1 aromatic carbocycles. The maximum atomic E-state index is 10.3. The Morgan fingerprint density at radius 2 is 2.15 bits per heavy atom. The molecular formula is C19H21N5O2. The summed E-state index contributed by atoms with van der Waals surface area (Å²) in [4.78, 5) is 9.06. The number of nitrogen functional groups attached to an aromatic ring is 1. The van der Waals surface area contributed by atoms with Gasteiger partial charge in [0.25, 0.3) is 0 Å². The highest BCUT2D eigenvalue weighted by molar-refractivity contribution is 6.07. The highest BCUT2D eigenvalue weighted by atomic mass is 16.5. The van der Waals surface area contributed by atoms with E-state index in [9.17, 15) is 5.11 Å². The smallest absolute Gasteiger partial charge is 0.152 e. The van der Waals surface area contributed by atoms with E-state index < -0.39 is 5.60 Å². The lowest BCUT2D eigenvalue weighted by Gasteiger charge is -2.20. The van der Waals surface area contributed by atoms with E-state index in [1.807, 2.05) is 28.8 Å². The molecule has 0 saturated carbocycles. The zero-order valence-electron chi connectivity index (χ0n) is 15.0. The molecule has 0 radical (unpaired) electrons. The first kappa shape index (κ1) is 17.9. The summed E-state index contributed by atoms with van der Waals surface area (Å²) in [7, 11) is 1.60. The Bertz CT molecular complexity index is 1040. The van der Waals surface area contributed by atoms with Crippen molar-refractivity contribution in [3.05, 3.63) is 35.7 Å². The fraction of sp³-hybridized carbons (Fsp3) is 0.316. The molecule has 0 bridgehead atoms. The number of aromatic nitrogens is 3. The molecule has 2 heterocycles. The second-order valence-corrected chi connectivity index (χ2v) is 6.79. The van der Waals surface area contributed by atoms with Crippen molar-refractivity contribution in [3.8, 4) is 6.07 Å². The minimum Gasteiger partial charge on any atom is -0.389 e. The first-order valence-corrected chi connectivity index (χ1v) is 8.20. The van der Waals surface area contributed by atoms with Crippen LogP contribution in [0, 0.1) is 11.3 Å². The van der Waals surface area contributed by atoms with Crippen LogP contribution in [0.3, 0.4) is 0 Å². The number of pyridine rings is 1. The van der Waals surface area contributed by atoms with E-state index in [-0.39, 0.29) is 0 Å². The number of hydrogen-bond donors (Lipinski definition) is 2. The van der Waals surface area contributed by atoms with Gasteiger partial charge in [-0.2, -0.15) is 5.26 Å². The number of allylic oxidation sites excluding steroid dienone is 1. The number of imidazole rings is 1. The first-order chi connectivity index (χ1) is 12.3. The zero-order valence-corrected chi connectivity index (χ0v) is 15.0. The second kappa shape index (κ2) is 6.75. The molecule has 26 heavy (non-hydrogen) atoms. The maximum Gasteiger partial charge on any atom is 0.152 e. The number of rotatable bonds is 5. The molecule has 3 aromatic rings. The van der Waals surface area contributed by atoms with Gasteiger partial charge in [-0.3, -0.25) is 0 Å². The Kier molecular flexibility index (Phi) is 4.64. The largest absolute Gasteiger partial charge is 0.389 e. The summed E-state index contributed by atoms with van der Waals surface area (Å²) in [6, 6.07) is 7.69. The highest BCUT2D eigenvalue weighted by Crippen LogP contribution is 2.31. The van der Waals surface area contributed by atoms with Crippen LogP contribution in [0.2, 0.25) is 0 Å². The Balaban J connectivity index is 2.33. The molecule has 3 rings (SSSR count). The third-order valence-corrected chi connectivity index (χ3v) is 3.98. The van der Waals surface area contributed by atoms with Crippen LogP contribution >= 0.6 is 0 Å². The lowest BCUT2D eigenvalue weighted by atomic mass is 10.1. The number of benzene rings is 1. The van der Waals surface area contributed by atoms with Crippen molar-refractivity contribution in [1.29, 1.82) is 5.26 Å². The SMILES string of the molecule is COCc1nc2c(N)nc3cc(/C=C/C#N)ccc3c2n1CC(C)(C)O. The number of fused-ring (bicyclic) bond motifs is 3. The van der Waals surface area contributed by atoms with Crippen molar-refractivity contribution >= 4 is 33.8 Å². The lowest BCUT2D eigenvalue weighted by molar-refractivity contribution is 0.0597. The number of nitrogens with zero attached hydrogens (tertiary/aromatic N) is 4. The van der Waals surface area contributed by atoms with Crippen molar-refractivity contribution in [2.45, 2.75) is 32.6 Å². The topological polar surface area (TPSA) is 110 Å². The molecule has 0 aliphatic carbocycles. The molecule has 0 aliphatic rings.